The minimum Gasteiger partial charge on any atom is -0.384 e. The topological polar surface area (TPSA) is 41.6 Å². The second-order valence-corrected chi connectivity index (χ2v) is 5.49. The molecular formula is C16H24N2O2. The quantitative estimate of drug-likeness (QED) is 0.863. The van der Waals surface area contributed by atoms with Gasteiger partial charge in [0.1, 0.15) is 6.17 Å². The first-order chi connectivity index (χ1) is 9.65. The smallest absolute Gasteiger partial charge is 0.238 e. The van der Waals surface area contributed by atoms with Gasteiger partial charge in [-0.25, -0.2) is 0 Å². The average molecular weight is 276 g/mol. The Morgan fingerprint density at radius 2 is 2.10 bits per heavy atom. The van der Waals surface area contributed by atoms with E-state index in [2.05, 4.69) is 43.4 Å². The maximum absolute atomic E-state index is 12.0. The summed E-state index contributed by atoms with van der Waals surface area (Å²) in [4.78, 5) is 14.0. The van der Waals surface area contributed by atoms with Gasteiger partial charge < -0.3 is 9.64 Å². The maximum Gasteiger partial charge on any atom is 0.238 e. The van der Waals surface area contributed by atoms with E-state index in [1.54, 1.807) is 7.11 Å². The van der Waals surface area contributed by atoms with Crippen molar-refractivity contribution >= 4 is 5.91 Å². The minimum absolute atomic E-state index is 0.00675. The summed E-state index contributed by atoms with van der Waals surface area (Å²) in [6, 6.07) is 8.50. The number of methoxy groups -OCH3 is 1. The Hall–Kier alpha value is -1.39. The zero-order chi connectivity index (χ0) is 14.5. The number of nitrogens with one attached hydrogen (secondary N) is 1. The summed E-state index contributed by atoms with van der Waals surface area (Å²) in [6.07, 6.45) is 1.03. The van der Waals surface area contributed by atoms with Crippen molar-refractivity contribution in [3.05, 3.63) is 35.4 Å². The molecule has 1 heterocycles. The van der Waals surface area contributed by atoms with Crippen LogP contribution < -0.4 is 5.32 Å². The molecule has 2 rings (SSSR count). The molecule has 1 fully saturated rings. The number of hydrogen-bond donors (Lipinski definition) is 1. The van der Waals surface area contributed by atoms with Crippen LogP contribution in [-0.4, -0.2) is 37.6 Å². The Bertz CT molecular complexity index is 444. The van der Waals surface area contributed by atoms with Gasteiger partial charge in [-0.05, 0) is 23.5 Å². The van der Waals surface area contributed by atoms with Crippen LogP contribution in [0.2, 0.25) is 0 Å². The van der Waals surface area contributed by atoms with E-state index >= 15 is 0 Å². The summed E-state index contributed by atoms with van der Waals surface area (Å²) in [6.45, 7) is 6.06. The number of nitrogens with zero attached hydrogens (tertiary/aromatic N) is 1. The van der Waals surface area contributed by atoms with E-state index in [1.165, 1.54) is 5.56 Å². The largest absolute Gasteiger partial charge is 0.384 e. The van der Waals surface area contributed by atoms with Crippen LogP contribution in [0.15, 0.2) is 24.3 Å². The predicted molar refractivity (Wildman–Crippen MR) is 79.3 cm³/mol. The van der Waals surface area contributed by atoms with Gasteiger partial charge in [0.15, 0.2) is 0 Å². The lowest BCUT2D eigenvalue weighted by Gasteiger charge is -2.27. The number of hydrogen-bond acceptors (Lipinski definition) is 3. The van der Waals surface area contributed by atoms with Crippen LogP contribution in [0.1, 0.15) is 31.1 Å². The number of carbonyl (C=O) groups is 1. The minimum atomic E-state index is -0.00675. The van der Waals surface area contributed by atoms with Gasteiger partial charge in [-0.15, -0.1) is 0 Å². The Balaban J connectivity index is 2.10. The molecule has 1 aliphatic heterocycles. The van der Waals surface area contributed by atoms with Gasteiger partial charge in [0.2, 0.25) is 5.91 Å². The second kappa shape index (κ2) is 6.86. The SMILES string of the molecule is CCc1ccc(C2NCC(=O)N2CC(C)COC)cc1. The third-order valence-electron chi connectivity index (χ3n) is 3.74. The van der Waals surface area contributed by atoms with Gasteiger partial charge in [-0.2, -0.15) is 0 Å². The first-order valence-corrected chi connectivity index (χ1v) is 7.26. The maximum atomic E-state index is 12.0. The first kappa shape index (κ1) is 15.0. The fourth-order valence-electron chi connectivity index (χ4n) is 2.65. The molecule has 2 atom stereocenters. The van der Waals surface area contributed by atoms with Crippen molar-refractivity contribution in [1.82, 2.24) is 10.2 Å². The van der Waals surface area contributed by atoms with Crippen molar-refractivity contribution in [3.63, 3.8) is 0 Å². The zero-order valence-corrected chi connectivity index (χ0v) is 12.6. The van der Waals surface area contributed by atoms with Crippen LogP contribution in [0.25, 0.3) is 0 Å². The molecule has 4 nitrogen and oxygen atoms in total. The Morgan fingerprint density at radius 1 is 1.40 bits per heavy atom. The number of amides is 1. The van der Waals surface area contributed by atoms with Gasteiger partial charge >= 0.3 is 0 Å². The molecule has 1 saturated heterocycles. The summed E-state index contributed by atoms with van der Waals surface area (Å²) in [5, 5.41) is 3.29. The van der Waals surface area contributed by atoms with E-state index < -0.39 is 0 Å². The van der Waals surface area contributed by atoms with Crippen LogP contribution >= 0.6 is 0 Å². The van der Waals surface area contributed by atoms with E-state index in [0.717, 1.165) is 18.5 Å². The van der Waals surface area contributed by atoms with Gasteiger partial charge in [0, 0.05) is 13.7 Å². The van der Waals surface area contributed by atoms with Gasteiger partial charge in [-0.1, -0.05) is 38.1 Å². The van der Waals surface area contributed by atoms with E-state index in [4.69, 9.17) is 4.74 Å². The molecule has 0 aliphatic carbocycles. The molecule has 1 aliphatic rings. The lowest BCUT2D eigenvalue weighted by atomic mass is 10.1. The number of benzene rings is 1. The molecule has 1 aromatic rings. The monoisotopic (exact) mass is 276 g/mol. The van der Waals surface area contributed by atoms with E-state index in [-0.39, 0.29) is 12.1 Å². The molecule has 1 amide bonds. The highest BCUT2D eigenvalue weighted by Gasteiger charge is 2.32. The first-order valence-electron chi connectivity index (χ1n) is 7.26. The summed E-state index contributed by atoms with van der Waals surface area (Å²) >= 11 is 0. The number of carbonyl (C=O) groups excluding carboxylic acids is 1. The third kappa shape index (κ3) is 3.38. The molecular weight excluding hydrogens is 252 g/mol. The predicted octanol–water partition coefficient (Wildman–Crippen LogP) is 1.96. The highest BCUT2D eigenvalue weighted by Crippen LogP contribution is 2.24. The molecule has 20 heavy (non-hydrogen) atoms. The van der Waals surface area contributed by atoms with E-state index in [9.17, 15) is 4.79 Å². The summed E-state index contributed by atoms with van der Waals surface area (Å²) in [5.74, 6) is 0.499. The number of rotatable bonds is 6. The fourth-order valence-corrected chi connectivity index (χ4v) is 2.65. The highest BCUT2D eigenvalue weighted by atomic mass is 16.5. The average Bonchev–Trinajstić information content (AvgIpc) is 2.81. The number of ether oxygens (including phenoxy) is 1. The Labute approximate surface area is 121 Å². The lowest BCUT2D eigenvalue weighted by Crippen LogP contribution is -2.35. The van der Waals surface area contributed by atoms with Crippen LogP contribution in [0.4, 0.5) is 0 Å². The normalized spacial score (nSPS) is 20.4. The molecule has 0 bridgehead atoms. The zero-order valence-electron chi connectivity index (χ0n) is 12.6. The molecule has 110 valence electrons. The van der Waals surface area contributed by atoms with Crippen molar-refractivity contribution in [1.29, 1.82) is 0 Å². The molecule has 0 aromatic heterocycles. The van der Waals surface area contributed by atoms with Crippen LogP contribution in [-0.2, 0) is 16.0 Å². The van der Waals surface area contributed by atoms with Gasteiger partial charge in [0.05, 0.1) is 13.2 Å². The van der Waals surface area contributed by atoms with Gasteiger partial charge in [-0.3, -0.25) is 10.1 Å². The van der Waals surface area contributed by atoms with Crippen LogP contribution in [0.3, 0.4) is 0 Å². The molecule has 0 spiro atoms. The molecule has 0 radical (unpaired) electrons. The summed E-state index contributed by atoms with van der Waals surface area (Å²) in [5.41, 5.74) is 2.47. The highest BCUT2D eigenvalue weighted by molar-refractivity contribution is 5.81. The number of aryl methyl sites for hydroxylation is 1. The standard InChI is InChI=1S/C16H24N2O2/c1-4-13-5-7-14(8-6-13)16-17-9-15(19)18(16)10-12(2)11-20-3/h5-8,12,16-17H,4,9-11H2,1-3H3. The summed E-state index contributed by atoms with van der Waals surface area (Å²) in [7, 11) is 1.70. The van der Waals surface area contributed by atoms with Crippen molar-refractivity contribution in [3.8, 4) is 0 Å². The molecule has 1 aromatic carbocycles. The van der Waals surface area contributed by atoms with Crippen molar-refractivity contribution in [2.75, 3.05) is 26.8 Å². The molecule has 0 saturated carbocycles. The Morgan fingerprint density at radius 3 is 2.70 bits per heavy atom. The second-order valence-electron chi connectivity index (χ2n) is 5.49. The van der Waals surface area contributed by atoms with Crippen molar-refractivity contribution < 1.29 is 9.53 Å². The van der Waals surface area contributed by atoms with Gasteiger partial charge in [0.25, 0.3) is 0 Å². The fraction of sp³-hybridized carbons (Fsp3) is 0.562. The summed E-state index contributed by atoms with van der Waals surface area (Å²) < 4.78 is 5.16. The molecule has 4 heteroatoms. The molecule has 1 N–H and O–H groups in total. The van der Waals surface area contributed by atoms with Crippen LogP contribution in [0, 0.1) is 5.92 Å². The molecule has 2 unspecified atom stereocenters. The third-order valence-corrected chi connectivity index (χ3v) is 3.74. The lowest BCUT2D eigenvalue weighted by molar-refractivity contribution is -0.128. The van der Waals surface area contributed by atoms with E-state index in [0.29, 0.717) is 19.1 Å². The van der Waals surface area contributed by atoms with Crippen molar-refractivity contribution in [2.24, 2.45) is 5.92 Å². The van der Waals surface area contributed by atoms with Crippen LogP contribution in [0.5, 0.6) is 0 Å². The van der Waals surface area contributed by atoms with Crippen molar-refractivity contribution in [2.45, 2.75) is 26.4 Å². The van der Waals surface area contributed by atoms with E-state index in [1.807, 2.05) is 4.90 Å². The Kier molecular flexibility index (Phi) is 5.15.